The predicted octanol–water partition coefficient (Wildman–Crippen LogP) is 6.20. The molecule has 2 nitrogen and oxygen atoms in total. The Hall–Kier alpha value is -0.790. The lowest BCUT2D eigenvalue weighted by atomic mass is 10.1. The Bertz CT molecular complexity index is 246. The van der Waals surface area contributed by atoms with Gasteiger partial charge in [0.25, 0.3) is 0 Å². The van der Waals surface area contributed by atoms with Crippen LogP contribution in [0.2, 0.25) is 0 Å². The molecular weight excluding hydrogens is 260 g/mol. The molecule has 0 spiro atoms. The number of ether oxygens (including phenoxy) is 1. The zero-order valence-corrected chi connectivity index (χ0v) is 14.4. The highest BCUT2D eigenvalue weighted by Gasteiger charge is 2.00. The van der Waals surface area contributed by atoms with Crippen LogP contribution in [0.4, 0.5) is 0 Å². The fourth-order valence-electron chi connectivity index (χ4n) is 2.27. The van der Waals surface area contributed by atoms with E-state index < -0.39 is 0 Å². The van der Waals surface area contributed by atoms with Gasteiger partial charge in [0, 0.05) is 6.42 Å². The fraction of sp³-hybridized carbons (Fsp3) is 0.842. The summed E-state index contributed by atoms with van der Waals surface area (Å²) in [6.45, 7) is 4.85. The maximum atomic E-state index is 11.3. The van der Waals surface area contributed by atoms with E-state index in [0.717, 1.165) is 25.7 Å². The Labute approximate surface area is 132 Å². The molecule has 0 N–H and O–H groups in total. The largest absolute Gasteiger partial charge is 0.466 e. The van der Waals surface area contributed by atoms with Crippen LogP contribution in [0.5, 0.6) is 0 Å². The van der Waals surface area contributed by atoms with Crippen molar-refractivity contribution in [3.8, 4) is 0 Å². The highest BCUT2D eigenvalue weighted by Crippen LogP contribution is 2.09. The summed E-state index contributed by atoms with van der Waals surface area (Å²) >= 11 is 0. The van der Waals surface area contributed by atoms with E-state index >= 15 is 0 Å². The molecule has 0 saturated heterocycles. The van der Waals surface area contributed by atoms with Crippen molar-refractivity contribution in [1.29, 1.82) is 0 Å². The van der Waals surface area contributed by atoms with Crippen LogP contribution < -0.4 is 0 Å². The lowest BCUT2D eigenvalue weighted by Gasteiger charge is -2.01. The smallest absolute Gasteiger partial charge is 0.305 e. The third-order valence-electron chi connectivity index (χ3n) is 3.61. The third-order valence-corrected chi connectivity index (χ3v) is 3.61. The molecule has 0 saturated carbocycles. The van der Waals surface area contributed by atoms with Gasteiger partial charge < -0.3 is 4.74 Å². The highest BCUT2D eigenvalue weighted by molar-refractivity contribution is 5.69. The number of rotatable bonds is 15. The molecule has 0 heterocycles. The van der Waals surface area contributed by atoms with Crippen molar-refractivity contribution in [2.75, 3.05) is 6.61 Å². The number of allylic oxidation sites excluding steroid dienone is 2. The zero-order valence-electron chi connectivity index (χ0n) is 14.4. The monoisotopic (exact) mass is 296 g/mol. The van der Waals surface area contributed by atoms with Crippen LogP contribution >= 0.6 is 0 Å². The Balaban J connectivity index is 3.17. The maximum absolute atomic E-state index is 11.3. The maximum Gasteiger partial charge on any atom is 0.305 e. The molecule has 0 bridgehead atoms. The van der Waals surface area contributed by atoms with Crippen molar-refractivity contribution in [3.05, 3.63) is 12.2 Å². The second-order valence-electron chi connectivity index (χ2n) is 5.85. The van der Waals surface area contributed by atoms with Gasteiger partial charge in [0.1, 0.15) is 0 Å². The highest BCUT2D eigenvalue weighted by atomic mass is 16.5. The van der Waals surface area contributed by atoms with Crippen molar-refractivity contribution < 1.29 is 9.53 Å². The van der Waals surface area contributed by atoms with E-state index in [1.807, 2.05) is 6.92 Å². The summed E-state index contributed by atoms with van der Waals surface area (Å²) < 4.78 is 5.04. The minimum atomic E-state index is -0.0381. The van der Waals surface area contributed by atoms with Crippen molar-refractivity contribution in [2.24, 2.45) is 0 Å². The molecule has 0 unspecified atom stereocenters. The van der Waals surface area contributed by atoms with Gasteiger partial charge in [-0.15, -0.1) is 0 Å². The molecule has 0 fully saturated rings. The number of hydrogen-bond donors (Lipinski definition) is 0. The Morgan fingerprint density at radius 3 is 1.95 bits per heavy atom. The number of carbonyl (C=O) groups excluding carboxylic acids is 1. The van der Waals surface area contributed by atoms with E-state index in [0.29, 0.717) is 13.0 Å². The molecule has 0 aromatic rings. The number of carbonyl (C=O) groups is 1. The van der Waals surface area contributed by atoms with Crippen LogP contribution in [0.25, 0.3) is 0 Å². The predicted molar refractivity (Wildman–Crippen MR) is 91.5 cm³/mol. The number of esters is 1. The summed E-state index contributed by atoms with van der Waals surface area (Å²) in [5.74, 6) is -0.0381. The van der Waals surface area contributed by atoms with Crippen LogP contribution in [0.15, 0.2) is 12.2 Å². The van der Waals surface area contributed by atoms with Gasteiger partial charge >= 0.3 is 5.97 Å². The van der Waals surface area contributed by atoms with Gasteiger partial charge in [-0.2, -0.15) is 0 Å². The second-order valence-corrected chi connectivity index (χ2v) is 5.85. The molecule has 0 aliphatic carbocycles. The van der Waals surface area contributed by atoms with E-state index in [1.165, 1.54) is 51.4 Å². The lowest BCUT2D eigenvalue weighted by molar-refractivity contribution is -0.143. The Morgan fingerprint density at radius 1 is 0.762 bits per heavy atom. The van der Waals surface area contributed by atoms with Crippen LogP contribution in [-0.4, -0.2) is 12.6 Å². The molecule has 0 aromatic carbocycles. The first kappa shape index (κ1) is 20.2. The molecule has 0 aliphatic heterocycles. The Kier molecular flexibility index (Phi) is 16.6. The minimum absolute atomic E-state index is 0.0381. The van der Waals surface area contributed by atoms with Crippen molar-refractivity contribution in [2.45, 2.75) is 97.3 Å². The molecule has 0 radical (unpaired) electrons. The van der Waals surface area contributed by atoms with E-state index in [-0.39, 0.29) is 5.97 Å². The van der Waals surface area contributed by atoms with Crippen LogP contribution in [0, 0.1) is 0 Å². The van der Waals surface area contributed by atoms with E-state index in [1.54, 1.807) is 0 Å². The standard InChI is InChI=1S/C19H36O2/c1-3-5-6-7-8-9-10-11-12-13-14-15-16-17-19(20)21-18-4-2/h12-13H,3-11,14-18H2,1-2H3/b13-12-. The van der Waals surface area contributed by atoms with Gasteiger partial charge in [-0.05, 0) is 38.5 Å². The second kappa shape index (κ2) is 17.3. The molecule has 0 aliphatic rings. The van der Waals surface area contributed by atoms with Gasteiger partial charge in [0.15, 0.2) is 0 Å². The van der Waals surface area contributed by atoms with Crippen molar-refractivity contribution >= 4 is 5.97 Å². The molecule has 0 aromatic heterocycles. The van der Waals surface area contributed by atoms with Gasteiger partial charge in [-0.25, -0.2) is 0 Å². The molecular formula is C19H36O2. The summed E-state index contributed by atoms with van der Waals surface area (Å²) in [6.07, 6.45) is 20.1. The molecule has 2 heteroatoms. The normalized spacial score (nSPS) is 11.1. The van der Waals surface area contributed by atoms with Gasteiger partial charge in [0.2, 0.25) is 0 Å². The summed E-state index contributed by atoms with van der Waals surface area (Å²) in [4.78, 5) is 11.3. The topological polar surface area (TPSA) is 26.3 Å². The number of unbranched alkanes of at least 4 members (excludes halogenated alkanes) is 9. The molecule has 0 rings (SSSR count). The van der Waals surface area contributed by atoms with Crippen molar-refractivity contribution in [3.63, 3.8) is 0 Å². The molecule has 21 heavy (non-hydrogen) atoms. The van der Waals surface area contributed by atoms with Crippen molar-refractivity contribution in [1.82, 2.24) is 0 Å². The van der Waals surface area contributed by atoms with Crippen LogP contribution in [-0.2, 0) is 9.53 Å². The minimum Gasteiger partial charge on any atom is -0.466 e. The van der Waals surface area contributed by atoms with E-state index in [2.05, 4.69) is 19.1 Å². The van der Waals surface area contributed by atoms with E-state index in [9.17, 15) is 4.79 Å². The summed E-state index contributed by atoms with van der Waals surface area (Å²) in [5.41, 5.74) is 0. The van der Waals surface area contributed by atoms with Crippen LogP contribution in [0.1, 0.15) is 97.3 Å². The average molecular weight is 296 g/mol. The van der Waals surface area contributed by atoms with E-state index in [4.69, 9.17) is 4.74 Å². The van der Waals surface area contributed by atoms with Gasteiger partial charge in [0.05, 0.1) is 6.61 Å². The summed E-state index contributed by atoms with van der Waals surface area (Å²) in [6, 6.07) is 0. The quantitative estimate of drug-likeness (QED) is 0.204. The van der Waals surface area contributed by atoms with Gasteiger partial charge in [-0.3, -0.25) is 4.79 Å². The first-order valence-corrected chi connectivity index (χ1v) is 9.11. The molecule has 124 valence electrons. The van der Waals surface area contributed by atoms with Crippen LogP contribution in [0.3, 0.4) is 0 Å². The summed E-state index contributed by atoms with van der Waals surface area (Å²) in [5, 5.41) is 0. The zero-order chi connectivity index (χ0) is 15.6. The third kappa shape index (κ3) is 17.2. The lowest BCUT2D eigenvalue weighted by Crippen LogP contribution is -2.04. The molecule has 0 atom stereocenters. The average Bonchev–Trinajstić information content (AvgIpc) is 2.49. The first-order valence-electron chi connectivity index (χ1n) is 9.11. The number of hydrogen-bond acceptors (Lipinski definition) is 2. The Morgan fingerprint density at radius 2 is 1.33 bits per heavy atom. The van der Waals surface area contributed by atoms with Gasteiger partial charge in [-0.1, -0.05) is 64.5 Å². The SMILES string of the molecule is CCCCCCCCC/C=C\CCCCC(=O)OCCC. The first-order chi connectivity index (χ1) is 10.3. The summed E-state index contributed by atoms with van der Waals surface area (Å²) in [7, 11) is 0. The fourth-order valence-corrected chi connectivity index (χ4v) is 2.27. The molecule has 0 amide bonds.